The first-order valence-corrected chi connectivity index (χ1v) is 6.45. The van der Waals surface area contributed by atoms with E-state index in [1.54, 1.807) is 12.1 Å². The van der Waals surface area contributed by atoms with Crippen LogP contribution in [-0.4, -0.2) is 58.0 Å². The molecule has 3 N–H and O–H groups in total. The van der Waals surface area contributed by atoms with Crippen molar-refractivity contribution in [1.29, 1.82) is 0 Å². The first-order valence-electron chi connectivity index (χ1n) is 6.07. The van der Waals surface area contributed by atoms with Crippen LogP contribution < -0.4 is 0 Å². The fraction of sp³-hybridized carbons (Fsp3) is 0.357. The van der Waals surface area contributed by atoms with Gasteiger partial charge in [0.15, 0.2) is 0 Å². The molecule has 1 heterocycles. The lowest BCUT2D eigenvalue weighted by atomic mass is 10.1. The van der Waals surface area contributed by atoms with Crippen LogP contribution in [0, 0.1) is 11.8 Å². The number of aliphatic hydroxyl groups excluding tert-OH is 3. The van der Waals surface area contributed by atoms with Crippen LogP contribution in [0.4, 0.5) is 0 Å². The molecule has 1 aliphatic heterocycles. The molecule has 0 spiro atoms. The molecule has 1 aromatic carbocycles. The van der Waals surface area contributed by atoms with Crippen LogP contribution in [0.25, 0.3) is 0 Å². The molecule has 2 rings (SSSR count). The third-order valence-corrected chi connectivity index (χ3v) is 3.38. The zero-order chi connectivity index (χ0) is 14.7. The Morgan fingerprint density at radius 3 is 2.55 bits per heavy atom. The minimum Gasteiger partial charge on any atom is -0.388 e. The molecular formula is C14H14ClNO4. The monoisotopic (exact) mass is 295 g/mol. The molecule has 0 aliphatic carbocycles. The molecule has 20 heavy (non-hydrogen) atoms. The van der Waals surface area contributed by atoms with E-state index in [1.165, 1.54) is 11.0 Å². The molecule has 0 saturated carbocycles. The predicted octanol–water partition coefficient (Wildman–Crippen LogP) is -0.139. The van der Waals surface area contributed by atoms with Crippen molar-refractivity contribution in [3.8, 4) is 11.8 Å². The zero-order valence-electron chi connectivity index (χ0n) is 10.6. The second kappa shape index (κ2) is 6.25. The van der Waals surface area contributed by atoms with E-state index in [0.29, 0.717) is 16.1 Å². The Hall–Kier alpha value is -1.58. The fourth-order valence-electron chi connectivity index (χ4n) is 2.00. The van der Waals surface area contributed by atoms with E-state index in [1.807, 2.05) is 0 Å². The summed E-state index contributed by atoms with van der Waals surface area (Å²) in [6, 6.07) is 4.66. The second-order valence-corrected chi connectivity index (χ2v) is 4.91. The molecule has 1 saturated heterocycles. The lowest BCUT2D eigenvalue weighted by Crippen LogP contribution is -2.29. The van der Waals surface area contributed by atoms with E-state index >= 15 is 0 Å². The molecule has 0 radical (unpaired) electrons. The minimum absolute atomic E-state index is 0.101. The van der Waals surface area contributed by atoms with Crippen molar-refractivity contribution in [3.05, 3.63) is 34.3 Å². The SMILES string of the molecule is O=C(c1ccc(C#CCO)c(Cl)c1)N1CC(O)C(O)C1. The average Bonchev–Trinajstić information content (AvgIpc) is 2.76. The molecule has 2 unspecified atom stereocenters. The van der Waals surface area contributed by atoms with Gasteiger partial charge in [-0.25, -0.2) is 0 Å². The van der Waals surface area contributed by atoms with Crippen molar-refractivity contribution in [2.45, 2.75) is 12.2 Å². The van der Waals surface area contributed by atoms with Crippen molar-refractivity contribution in [1.82, 2.24) is 4.90 Å². The molecule has 0 aromatic heterocycles. The van der Waals surface area contributed by atoms with Crippen molar-refractivity contribution < 1.29 is 20.1 Å². The molecule has 1 fully saturated rings. The van der Waals surface area contributed by atoms with Gasteiger partial charge in [0, 0.05) is 24.2 Å². The fourth-order valence-corrected chi connectivity index (χ4v) is 2.23. The summed E-state index contributed by atoms with van der Waals surface area (Å²) in [7, 11) is 0. The van der Waals surface area contributed by atoms with Gasteiger partial charge in [-0.2, -0.15) is 0 Å². The number of hydrogen-bond donors (Lipinski definition) is 3. The van der Waals surface area contributed by atoms with Crippen LogP contribution in [0.2, 0.25) is 5.02 Å². The Morgan fingerprint density at radius 1 is 1.35 bits per heavy atom. The Kier molecular flexibility index (Phi) is 4.63. The van der Waals surface area contributed by atoms with Crippen LogP contribution in [0.15, 0.2) is 18.2 Å². The summed E-state index contributed by atoms with van der Waals surface area (Å²) >= 11 is 6.02. The van der Waals surface area contributed by atoms with Crippen molar-refractivity contribution in [2.75, 3.05) is 19.7 Å². The highest BCUT2D eigenvalue weighted by molar-refractivity contribution is 6.32. The standard InChI is InChI=1S/C14H14ClNO4/c15-11-6-10(4-3-9(11)2-1-5-17)14(20)16-7-12(18)13(19)8-16/h3-4,6,12-13,17-19H,5,7-8H2. The van der Waals surface area contributed by atoms with E-state index in [9.17, 15) is 15.0 Å². The summed E-state index contributed by atoms with van der Waals surface area (Å²) in [5.74, 6) is 4.85. The van der Waals surface area contributed by atoms with Crippen LogP contribution in [0.3, 0.4) is 0 Å². The van der Waals surface area contributed by atoms with Gasteiger partial charge in [-0.3, -0.25) is 4.79 Å². The molecule has 6 heteroatoms. The highest BCUT2D eigenvalue weighted by Gasteiger charge is 2.32. The number of amides is 1. The van der Waals surface area contributed by atoms with Crippen molar-refractivity contribution >= 4 is 17.5 Å². The highest BCUT2D eigenvalue weighted by Crippen LogP contribution is 2.20. The predicted molar refractivity (Wildman–Crippen MR) is 73.3 cm³/mol. The minimum atomic E-state index is -0.913. The smallest absolute Gasteiger partial charge is 0.254 e. The lowest BCUT2D eigenvalue weighted by molar-refractivity contribution is 0.0572. The lowest BCUT2D eigenvalue weighted by Gasteiger charge is -2.15. The van der Waals surface area contributed by atoms with Gasteiger partial charge >= 0.3 is 0 Å². The Bertz CT molecular complexity index is 568. The number of likely N-dealkylation sites (tertiary alicyclic amines) is 1. The van der Waals surface area contributed by atoms with Gasteiger partial charge in [0.2, 0.25) is 0 Å². The van der Waals surface area contributed by atoms with Crippen molar-refractivity contribution in [2.24, 2.45) is 0 Å². The summed E-state index contributed by atoms with van der Waals surface area (Å²) in [6.07, 6.45) is -1.83. The molecular weight excluding hydrogens is 282 g/mol. The van der Waals surface area contributed by atoms with Crippen LogP contribution in [0.1, 0.15) is 15.9 Å². The number of hydrogen-bond acceptors (Lipinski definition) is 4. The van der Waals surface area contributed by atoms with Gasteiger partial charge in [-0.15, -0.1) is 0 Å². The first kappa shape index (κ1) is 14.8. The van der Waals surface area contributed by atoms with E-state index in [0.717, 1.165) is 0 Å². The molecule has 1 aliphatic rings. The van der Waals surface area contributed by atoms with Crippen molar-refractivity contribution in [3.63, 3.8) is 0 Å². The molecule has 1 amide bonds. The number of rotatable bonds is 1. The Labute approximate surface area is 121 Å². The van der Waals surface area contributed by atoms with Gasteiger partial charge in [0.05, 0.1) is 17.2 Å². The summed E-state index contributed by atoms with van der Waals surface area (Å²) in [4.78, 5) is 13.6. The van der Waals surface area contributed by atoms with Gasteiger partial charge in [0.25, 0.3) is 5.91 Å². The number of carbonyl (C=O) groups excluding carboxylic acids is 1. The van der Waals surface area contributed by atoms with Crippen LogP contribution in [-0.2, 0) is 0 Å². The van der Waals surface area contributed by atoms with Gasteiger partial charge < -0.3 is 20.2 Å². The number of halogens is 1. The number of carbonyl (C=O) groups is 1. The Morgan fingerprint density at radius 2 is 2.00 bits per heavy atom. The third kappa shape index (κ3) is 3.11. The summed E-state index contributed by atoms with van der Waals surface area (Å²) in [6.45, 7) is -0.0616. The van der Waals surface area contributed by atoms with E-state index in [2.05, 4.69) is 11.8 Å². The van der Waals surface area contributed by atoms with Gasteiger partial charge in [0.1, 0.15) is 6.61 Å². The normalized spacial score (nSPS) is 21.5. The maximum Gasteiger partial charge on any atom is 0.254 e. The highest BCUT2D eigenvalue weighted by atomic mass is 35.5. The van der Waals surface area contributed by atoms with Crippen LogP contribution >= 0.6 is 11.6 Å². The topological polar surface area (TPSA) is 81.0 Å². The number of β-amino-alcohol motifs (C(OH)–C–C–N with tert-alkyl or cyclic N) is 2. The third-order valence-electron chi connectivity index (χ3n) is 3.06. The van der Waals surface area contributed by atoms with Gasteiger partial charge in [-0.05, 0) is 18.2 Å². The van der Waals surface area contributed by atoms with Gasteiger partial charge in [-0.1, -0.05) is 23.4 Å². The van der Waals surface area contributed by atoms with E-state index in [4.69, 9.17) is 16.7 Å². The van der Waals surface area contributed by atoms with E-state index < -0.39 is 12.2 Å². The summed E-state index contributed by atoms with van der Waals surface area (Å²) in [5, 5.41) is 27.8. The zero-order valence-corrected chi connectivity index (χ0v) is 11.3. The maximum absolute atomic E-state index is 12.2. The molecule has 5 nitrogen and oxygen atoms in total. The number of aliphatic hydroxyl groups is 3. The van der Waals surface area contributed by atoms with E-state index in [-0.39, 0.29) is 25.6 Å². The second-order valence-electron chi connectivity index (χ2n) is 4.50. The largest absolute Gasteiger partial charge is 0.388 e. The number of benzene rings is 1. The molecule has 2 atom stereocenters. The quantitative estimate of drug-likeness (QED) is 0.630. The maximum atomic E-state index is 12.2. The average molecular weight is 296 g/mol. The summed E-state index contributed by atoms with van der Waals surface area (Å²) in [5.41, 5.74) is 0.893. The number of nitrogens with zero attached hydrogens (tertiary/aromatic N) is 1. The Balaban J connectivity index is 2.17. The molecule has 0 bridgehead atoms. The summed E-state index contributed by atoms with van der Waals surface area (Å²) < 4.78 is 0. The van der Waals surface area contributed by atoms with Crippen LogP contribution in [0.5, 0.6) is 0 Å². The molecule has 106 valence electrons. The molecule has 1 aromatic rings. The first-order chi connectivity index (χ1) is 9.52.